The Morgan fingerprint density at radius 3 is 2.63 bits per heavy atom. The van der Waals surface area contributed by atoms with Crippen molar-refractivity contribution in [3.63, 3.8) is 0 Å². The third-order valence-corrected chi connectivity index (χ3v) is 2.67. The molecule has 6 heteroatoms. The molecule has 0 aliphatic rings. The summed E-state index contributed by atoms with van der Waals surface area (Å²) >= 11 is 3.29. The quantitative estimate of drug-likeness (QED) is 0.784. The number of aliphatic hydroxyl groups is 1. The van der Waals surface area contributed by atoms with Gasteiger partial charge in [-0.2, -0.15) is 0 Å². The van der Waals surface area contributed by atoms with Gasteiger partial charge in [0, 0.05) is 11.8 Å². The Kier molecular flexibility index (Phi) is 5.62. The van der Waals surface area contributed by atoms with Gasteiger partial charge in [-0.25, -0.2) is 0 Å². The van der Waals surface area contributed by atoms with Crippen LogP contribution in [-0.2, 0) is 4.79 Å². The van der Waals surface area contributed by atoms with E-state index in [-0.39, 0.29) is 19.1 Å². The maximum absolute atomic E-state index is 11.8. The predicted molar refractivity (Wildman–Crippen MR) is 77.2 cm³/mol. The standard InChI is InChI=1S/C13H18BrNO4/c1-13(2,14)12(17)15-9-4-5-10(18-3)11(8-9)19-7-6-16/h4-5,8,16H,6-7H2,1-3H3,(H,15,17). The van der Waals surface area contributed by atoms with Crippen LogP contribution < -0.4 is 14.8 Å². The number of rotatable bonds is 6. The van der Waals surface area contributed by atoms with Gasteiger partial charge in [0.2, 0.25) is 5.91 Å². The van der Waals surface area contributed by atoms with Gasteiger partial charge in [0.1, 0.15) is 6.61 Å². The molecule has 0 spiro atoms. The summed E-state index contributed by atoms with van der Waals surface area (Å²) in [6, 6.07) is 5.08. The molecule has 0 saturated carbocycles. The van der Waals surface area contributed by atoms with Crippen LogP contribution in [0.1, 0.15) is 13.8 Å². The first-order chi connectivity index (χ1) is 8.88. The fourth-order valence-electron chi connectivity index (χ4n) is 1.30. The van der Waals surface area contributed by atoms with Gasteiger partial charge in [-0.1, -0.05) is 15.9 Å². The average molecular weight is 332 g/mol. The highest BCUT2D eigenvalue weighted by Gasteiger charge is 2.23. The van der Waals surface area contributed by atoms with Crippen LogP contribution in [0, 0.1) is 0 Å². The summed E-state index contributed by atoms with van der Waals surface area (Å²) in [5.74, 6) is 0.858. The van der Waals surface area contributed by atoms with Crippen molar-refractivity contribution in [2.75, 3.05) is 25.6 Å². The minimum atomic E-state index is -0.654. The van der Waals surface area contributed by atoms with Gasteiger partial charge in [-0.05, 0) is 26.0 Å². The number of anilines is 1. The third kappa shape index (κ3) is 4.72. The molecule has 0 aromatic heterocycles. The molecule has 0 aliphatic heterocycles. The average Bonchev–Trinajstić information content (AvgIpc) is 2.35. The number of halogens is 1. The van der Waals surface area contributed by atoms with Crippen molar-refractivity contribution >= 4 is 27.5 Å². The zero-order valence-electron chi connectivity index (χ0n) is 11.2. The van der Waals surface area contributed by atoms with Crippen LogP contribution in [0.25, 0.3) is 0 Å². The van der Waals surface area contributed by atoms with Crippen LogP contribution in [0.2, 0.25) is 0 Å². The Morgan fingerprint density at radius 1 is 1.42 bits per heavy atom. The molecule has 0 saturated heterocycles. The maximum Gasteiger partial charge on any atom is 0.240 e. The van der Waals surface area contributed by atoms with Crippen LogP contribution in [0.15, 0.2) is 18.2 Å². The van der Waals surface area contributed by atoms with Gasteiger partial charge in [0.05, 0.1) is 18.0 Å². The molecule has 1 aromatic rings. The molecule has 0 radical (unpaired) electrons. The molecule has 0 bridgehead atoms. The Labute approximate surface area is 121 Å². The summed E-state index contributed by atoms with van der Waals surface area (Å²) in [5.41, 5.74) is 0.603. The number of carbonyl (C=O) groups is 1. The molecular weight excluding hydrogens is 314 g/mol. The number of hydrogen-bond donors (Lipinski definition) is 2. The molecular formula is C13H18BrNO4. The van der Waals surface area contributed by atoms with E-state index in [1.54, 1.807) is 32.0 Å². The number of hydrogen-bond acceptors (Lipinski definition) is 4. The predicted octanol–water partition coefficient (Wildman–Crippen LogP) is 2.18. The molecule has 2 N–H and O–H groups in total. The van der Waals surface area contributed by atoms with E-state index in [4.69, 9.17) is 14.6 Å². The summed E-state index contributed by atoms with van der Waals surface area (Å²) < 4.78 is 9.83. The van der Waals surface area contributed by atoms with E-state index >= 15 is 0 Å². The maximum atomic E-state index is 11.8. The molecule has 0 fully saturated rings. The highest BCUT2D eigenvalue weighted by molar-refractivity contribution is 9.10. The molecule has 1 rings (SSSR count). The van der Waals surface area contributed by atoms with E-state index in [0.717, 1.165) is 0 Å². The van der Waals surface area contributed by atoms with E-state index in [2.05, 4.69) is 21.2 Å². The van der Waals surface area contributed by atoms with E-state index in [9.17, 15) is 4.79 Å². The number of ether oxygens (including phenoxy) is 2. The lowest BCUT2D eigenvalue weighted by Crippen LogP contribution is -2.30. The van der Waals surface area contributed by atoms with Gasteiger partial charge in [-0.3, -0.25) is 4.79 Å². The number of carbonyl (C=O) groups excluding carboxylic acids is 1. The Hall–Kier alpha value is -1.27. The fourth-order valence-corrected chi connectivity index (χ4v) is 1.40. The SMILES string of the molecule is COc1ccc(NC(=O)C(C)(C)Br)cc1OCCO. The molecule has 0 atom stereocenters. The van der Waals surface area contributed by atoms with E-state index < -0.39 is 4.32 Å². The highest BCUT2D eigenvalue weighted by Crippen LogP contribution is 2.30. The largest absolute Gasteiger partial charge is 0.493 e. The van der Waals surface area contributed by atoms with Crippen LogP contribution in [-0.4, -0.2) is 35.7 Å². The summed E-state index contributed by atoms with van der Waals surface area (Å²) in [4.78, 5) is 11.8. The van der Waals surface area contributed by atoms with Gasteiger partial charge >= 0.3 is 0 Å². The second kappa shape index (κ2) is 6.77. The number of aliphatic hydroxyl groups excluding tert-OH is 1. The summed E-state index contributed by atoms with van der Waals surface area (Å²) in [6.45, 7) is 3.59. The van der Waals surface area contributed by atoms with Crippen LogP contribution in [0.4, 0.5) is 5.69 Å². The molecule has 0 aliphatic carbocycles. The van der Waals surface area contributed by atoms with Crippen molar-refractivity contribution in [3.8, 4) is 11.5 Å². The van der Waals surface area contributed by atoms with Crippen LogP contribution in [0.3, 0.4) is 0 Å². The van der Waals surface area contributed by atoms with Crippen molar-refractivity contribution < 1.29 is 19.4 Å². The topological polar surface area (TPSA) is 67.8 Å². The number of benzene rings is 1. The zero-order valence-corrected chi connectivity index (χ0v) is 12.8. The Balaban J connectivity index is 2.88. The van der Waals surface area contributed by atoms with Gasteiger partial charge < -0.3 is 19.9 Å². The minimum Gasteiger partial charge on any atom is -0.493 e. The number of amides is 1. The molecule has 0 unspecified atom stereocenters. The van der Waals surface area contributed by atoms with Crippen molar-refractivity contribution in [2.45, 2.75) is 18.2 Å². The third-order valence-electron chi connectivity index (χ3n) is 2.31. The first-order valence-corrected chi connectivity index (χ1v) is 6.60. The van der Waals surface area contributed by atoms with Crippen molar-refractivity contribution in [1.29, 1.82) is 0 Å². The molecule has 5 nitrogen and oxygen atoms in total. The number of methoxy groups -OCH3 is 1. The van der Waals surface area contributed by atoms with E-state index in [1.807, 2.05) is 0 Å². The van der Waals surface area contributed by atoms with Gasteiger partial charge in [-0.15, -0.1) is 0 Å². The molecule has 19 heavy (non-hydrogen) atoms. The fraction of sp³-hybridized carbons (Fsp3) is 0.462. The summed E-state index contributed by atoms with van der Waals surface area (Å²) in [5, 5.41) is 11.5. The molecule has 106 valence electrons. The lowest BCUT2D eigenvalue weighted by atomic mass is 10.2. The molecule has 0 heterocycles. The lowest BCUT2D eigenvalue weighted by molar-refractivity contribution is -0.117. The molecule has 1 aromatic carbocycles. The highest BCUT2D eigenvalue weighted by atomic mass is 79.9. The molecule has 1 amide bonds. The van der Waals surface area contributed by atoms with E-state index in [0.29, 0.717) is 17.2 Å². The first-order valence-electron chi connectivity index (χ1n) is 5.80. The zero-order chi connectivity index (χ0) is 14.5. The van der Waals surface area contributed by atoms with Crippen molar-refractivity contribution in [1.82, 2.24) is 0 Å². The monoisotopic (exact) mass is 331 g/mol. The number of nitrogens with one attached hydrogen (secondary N) is 1. The van der Waals surface area contributed by atoms with Crippen molar-refractivity contribution in [3.05, 3.63) is 18.2 Å². The lowest BCUT2D eigenvalue weighted by Gasteiger charge is -2.17. The number of alkyl halides is 1. The minimum absolute atomic E-state index is 0.0891. The normalized spacial score (nSPS) is 11.0. The summed E-state index contributed by atoms with van der Waals surface area (Å²) in [6.07, 6.45) is 0. The second-order valence-corrected chi connectivity index (χ2v) is 6.35. The van der Waals surface area contributed by atoms with E-state index in [1.165, 1.54) is 7.11 Å². The van der Waals surface area contributed by atoms with Gasteiger partial charge in [0.15, 0.2) is 11.5 Å². The smallest absolute Gasteiger partial charge is 0.240 e. The van der Waals surface area contributed by atoms with Gasteiger partial charge in [0.25, 0.3) is 0 Å². The summed E-state index contributed by atoms with van der Waals surface area (Å²) in [7, 11) is 1.53. The van der Waals surface area contributed by atoms with Crippen molar-refractivity contribution in [2.24, 2.45) is 0 Å². The first kappa shape index (κ1) is 15.8. The van der Waals surface area contributed by atoms with Crippen LogP contribution in [0.5, 0.6) is 11.5 Å². The second-order valence-electron chi connectivity index (χ2n) is 4.36. The Bertz CT molecular complexity index is 443. The van der Waals surface area contributed by atoms with Crippen LogP contribution >= 0.6 is 15.9 Å². The Morgan fingerprint density at radius 2 is 2.11 bits per heavy atom.